The molecular weight excluding hydrogens is 294 g/mol. The molecule has 1 aromatic rings. The van der Waals surface area contributed by atoms with Crippen LogP contribution in [0, 0.1) is 0 Å². The fourth-order valence-electron chi connectivity index (χ4n) is 3.11. The number of nitrogens with zero attached hydrogens (tertiary/aromatic N) is 3. The van der Waals surface area contributed by atoms with E-state index in [9.17, 15) is 0 Å². The summed E-state index contributed by atoms with van der Waals surface area (Å²) in [5.74, 6) is 0. The van der Waals surface area contributed by atoms with Crippen LogP contribution in [0.2, 0.25) is 0 Å². The van der Waals surface area contributed by atoms with E-state index in [1.165, 1.54) is 16.9 Å². The molecule has 2 aliphatic rings. The number of hydrogen-bond acceptors (Lipinski definition) is 5. The lowest BCUT2D eigenvalue weighted by Gasteiger charge is -2.36. The molecule has 5 heteroatoms. The number of hydrogen-bond donors (Lipinski definition) is 1. The highest BCUT2D eigenvalue weighted by Crippen LogP contribution is 2.31. The summed E-state index contributed by atoms with van der Waals surface area (Å²) in [5, 5.41) is 0.257. The first-order chi connectivity index (χ1) is 10.6. The second-order valence-corrected chi connectivity index (χ2v) is 7.12. The number of ether oxygens (including phenoxy) is 1. The Balaban J connectivity index is 1.86. The van der Waals surface area contributed by atoms with E-state index in [-0.39, 0.29) is 5.25 Å². The van der Waals surface area contributed by atoms with Gasteiger partial charge in [-0.05, 0) is 37.7 Å². The maximum Gasteiger partial charge on any atom is 0.0642 e. The highest BCUT2D eigenvalue weighted by molar-refractivity contribution is 7.80. The van der Waals surface area contributed by atoms with Gasteiger partial charge in [-0.2, -0.15) is 12.6 Å². The minimum absolute atomic E-state index is 0.257. The van der Waals surface area contributed by atoms with Gasteiger partial charge in [-0.15, -0.1) is 0 Å². The number of rotatable bonds is 3. The van der Waals surface area contributed by atoms with Crippen molar-refractivity contribution in [3.63, 3.8) is 0 Å². The Kier molecular flexibility index (Phi) is 5.16. The van der Waals surface area contributed by atoms with Gasteiger partial charge in [0.1, 0.15) is 0 Å². The van der Waals surface area contributed by atoms with Gasteiger partial charge in [-0.1, -0.05) is 0 Å². The number of benzene rings is 1. The topological polar surface area (TPSA) is 19.0 Å². The van der Waals surface area contributed by atoms with Crippen molar-refractivity contribution in [3.05, 3.63) is 23.8 Å². The summed E-state index contributed by atoms with van der Waals surface area (Å²) in [6, 6.07) is 6.95. The van der Waals surface area contributed by atoms with Crippen molar-refractivity contribution in [1.29, 1.82) is 0 Å². The van der Waals surface area contributed by atoms with Gasteiger partial charge in [0.15, 0.2) is 0 Å². The number of likely N-dealkylation sites (N-methyl/N-ethyl adjacent to an activating group) is 1. The molecule has 4 nitrogen and oxygen atoms in total. The van der Waals surface area contributed by atoms with E-state index in [1.54, 1.807) is 0 Å². The van der Waals surface area contributed by atoms with E-state index >= 15 is 0 Å². The SMILES string of the molecule is CC(S)c1cc(N2CCOCC2)cc(N2CCN(C)CC2)c1. The van der Waals surface area contributed by atoms with E-state index < -0.39 is 0 Å². The molecule has 1 aromatic carbocycles. The second kappa shape index (κ2) is 7.11. The molecule has 0 radical (unpaired) electrons. The Hall–Kier alpha value is -0.910. The van der Waals surface area contributed by atoms with Crippen molar-refractivity contribution in [2.24, 2.45) is 0 Å². The molecule has 0 amide bonds. The largest absolute Gasteiger partial charge is 0.378 e. The third-order valence-electron chi connectivity index (χ3n) is 4.65. The molecule has 2 aliphatic heterocycles. The minimum atomic E-state index is 0.257. The Morgan fingerprint density at radius 2 is 1.45 bits per heavy atom. The zero-order chi connectivity index (χ0) is 15.5. The lowest BCUT2D eigenvalue weighted by Crippen LogP contribution is -2.44. The van der Waals surface area contributed by atoms with Crippen LogP contribution in [0.1, 0.15) is 17.7 Å². The zero-order valence-corrected chi connectivity index (χ0v) is 14.6. The smallest absolute Gasteiger partial charge is 0.0642 e. The molecule has 1 unspecified atom stereocenters. The monoisotopic (exact) mass is 321 g/mol. The molecule has 0 spiro atoms. The molecule has 0 saturated carbocycles. The van der Waals surface area contributed by atoms with Gasteiger partial charge in [-0.3, -0.25) is 0 Å². The molecule has 0 N–H and O–H groups in total. The van der Waals surface area contributed by atoms with Gasteiger partial charge < -0.3 is 19.4 Å². The number of thiol groups is 1. The Labute approximate surface area is 139 Å². The molecule has 0 bridgehead atoms. The van der Waals surface area contributed by atoms with Crippen molar-refractivity contribution in [3.8, 4) is 0 Å². The molecule has 3 rings (SSSR count). The van der Waals surface area contributed by atoms with Crippen LogP contribution in [0.3, 0.4) is 0 Å². The fourth-order valence-corrected chi connectivity index (χ4v) is 3.26. The van der Waals surface area contributed by atoms with E-state index in [0.29, 0.717) is 0 Å². The van der Waals surface area contributed by atoms with Crippen molar-refractivity contribution >= 4 is 24.0 Å². The molecule has 2 fully saturated rings. The van der Waals surface area contributed by atoms with Crippen molar-refractivity contribution in [2.45, 2.75) is 12.2 Å². The summed E-state index contributed by atoms with van der Waals surface area (Å²) in [6.07, 6.45) is 0. The maximum atomic E-state index is 5.48. The predicted molar refractivity (Wildman–Crippen MR) is 96.6 cm³/mol. The minimum Gasteiger partial charge on any atom is -0.378 e. The van der Waals surface area contributed by atoms with Gasteiger partial charge in [0.05, 0.1) is 13.2 Å². The van der Waals surface area contributed by atoms with Crippen LogP contribution >= 0.6 is 12.6 Å². The quantitative estimate of drug-likeness (QED) is 0.861. The van der Waals surface area contributed by atoms with Gasteiger partial charge in [0.25, 0.3) is 0 Å². The molecule has 2 saturated heterocycles. The van der Waals surface area contributed by atoms with Crippen molar-refractivity contribution in [1.82, 2.24) is 4.90 Å². The standard InChI is InChI=1S/C17H27N3OS/c1-14(22)15-11-16(19-5-3-18(2)4-6-19)13-17(12-15)20-7-9-21-10-8-20/h11-14,22H,3-10H2,1-2H3. The summed E-state index contributed by atoms with van der Waals surface area (Å²) in [6.45, 7) is 10.2. The first kappa shape index (κ1) is 16.0. The van der Waals surface area contributed by atoms with Crippen LogP contribution in [-0.4, -0.2) is 64.4 Å². The normalized spacial score (nSPS) is 22.0. The maximum absolute atomic E-state index is 5.48. The summed E-state index contributed by atoms with van der Waals surface area (Å²) < 4.78 is 5.48. The van der Waals surface area contributed by atoms with E-state index in [1.807, 2.05) is 0 Å². The first-order valence-corrected chi connectivity index (χ1v) is 8.74. The van der Waals surface area contributed by atoms with Gasteiger partial charge in [0.2, 0.25) is 0 Å². The summed E-state index contributed by atoms with van der Waals surface area (Å²) >= 11 is 4.65. The molecule has 0 aliphatic carbocycles. The summed E-state index contributed by atoms with van der Waals surface area (Å²) in [5.41, 5.74) is 3.96. The first-order valence-electron chi connectivity index (χ1n) is 8.23. The highest BCUT2D eigenvalue weighted by Gasteiger charge is 2.18. The lowest BCUT2D eigenvalue weighted by molar-refractivity contribution is 0.122. The molecule has 122 valence electrons. The third kappa shape index (κ3) is 3.70. The number of morpholine rings is 1. The predicted octanol–water partition coefficient (Wildman–Crippen LogP) is 2.27. The van der Waals surface area contributed by atoms with Crippen LogP contribution in [0.15, 0.2) is 18.2 Å². The molecule has 0 aromatic heterocycles. The highest BCUT2D eigenvalue weighted by atomic mass is 32.1. The second-order valence-electron chi connectivity index (χ2n) is 6.35. The average Bonchev–Trinajstić information content (AvgIpc) is 2.56. The zero-order valence-electron chi connectivity index (χ0n) is 13.7. The van der Waals surface area contributed by atoms with Crippen LogP contribution in [0.5, 0.6) is 0 Å². The molecule has 1 atom stereocenters. The summed E-state index contributed by atoms with van der Waals surface area (Å²) in [7, 11) is 2.20. The van der Waals surface area contributed by atoms with Crippen LogP contribution in [-0.2, 0) is 4.74 Å². The van der Waals surface area contributed by atoms with Gasteiger partial charge >= 0.3 is 0 Å². The molecule has 22 heavy (non-hydrogen) atoms. The van der Waals surface area contributed by atoms with Crippen LogP contribution < -0.4 is 9.80 Å². The average molecular weight is 321 g/mol. The molecule has 2 heterocycles. The lowest BCUT2D eigenvalue weighted by atomic mass is 10.1. The van der Waals surface area contributed by atoms with Crippen LogP contribution in [0.4, 0.5) is 11.4 Å². The Morgan fingerprint density at radius 1 is 0.909 bits per heavy atom. The summed E-state index contributed by atoms with van der Waals surface area (Å²) in [4.78, 5) is 7.33. The van der Waals surface area contributed by atoms with Gasteiger partial charge in [0, 0.05) is 55.9 Å². The van der Waals surface area contributed by atoms with E-state index in [4.69, 9.17) is 4.74 Å². The Bertz CT molecular complexity index is 495. The van der Waals surface area contributed by atoms with Crippen molar-refractivity contribution < 1.29 is 4.74 Å². The third-order valence-corrected chi connectivity index (χ3v) is 4.95. The van der Waals surface area contributed by atoms with Crippen LogP contribution in [0.25, 0.3) is 0 Å². The van der Waals surface area contributed by atoms with E-state index in [2.05, 4.69) is 59.5 Å². The fraction of sp³-hybridized carbons (Fsp3) is 0.647. The Morgan fingerprint density at radius 3 is 2.00 bits per heavy atom. The number of anilines is 2. The van der Waals surface area contributed by atoms with E-state index in [0.717, 1.165) is 52.5 Å². The number of piperazine rings is 1. The molecular formula is C17H27N3OS. The van der Waals surface area contributed by atoms with Gasteiger partial charge in [-0.25, -0.2) is 0 Å². The van der Waals surface area contributed by atoms with Crippen molar-refractivity contribution in [2.75, 3.05) is 69.3 Å².